The van der Waals surface area contributed by atoms with Crippen molar-refractivity contribution in [2.24, 2.45) is 5.92 Å². The normalized spacial score (nSPS) is 42.8. The Morgan fingerprint density at radius 3 is 2.22 bits per heavy atom. The summed E-state index contributed by atoms with van der Waals surface area (Å²) in [4.78, 5) is 2.58. The molecule has 0 aromatic heterocycles. The van der Waals surface area contributed by atoms with Crippen LogP contribution in [0.3, 0.4) is 0 Å². The zero-order valence-corrected chi connectivity index (χ0v) is 11.8. The number of hydrogen-bond acceptors (Lipinski definition) is 7. The molecule has 4 aliphatic rings. The van der Waals surface area contributed by atoms with Gasteiger partial charge in [0.2, 0.25) is 0 Å². The van der Waals surface area contributed by atoms with Gasteiger partial charge in [0.15, 0.2) is 0 Å². The van der Waals surface area contributed by atoms with Crippen molar-refractivity contribution in [2.45, 2.75) is 30.8 Å². The molecule has 1 spiro atoms. The lowest BCUT2D eigenvalue weighted by atomic mass is 9.76. The number of thioether (sulfide) groups is 1. The van der Waals surface area contributed by atoms with E-state index in [-0.39, 0.29) is 5.60 Å². The number of nitrogens with zero attached hydrogens (tertiary/aromatic N) is 1. The lowest BCUT2D eigenvalue weighted by molar-refractivity contribution is -1.92. The van der Waals surface area contributed by atoms with Gasteiger partial charge in [0.25, 0.3) is 0 Å². The molecule has 0 saturated carbocycles. The highest BCUT2D eigenvalue weighted by molar-refractivity contribution is 8.00. The highest BCUT2D eigenvalue weighted by Gasteiger charge is 2.51. The molecule has 18 heavy (non-hydrogen) atoms. The molecule has 4 fully saturated rings. The van der Waals surface area contributed by atoms with Gasteiger partial charge in [0.1, 0.15) is 5.44 Å². The van der Waals surface area contributed by atoms with Gasteiger partial charge < -0.3 is 9.64 Å². The van der Waals surface area contributed by atoms with E-state index in [1.807, 2.05) is 11.8 Å². The van der Waals surface area contributed by atoms with Crippen molar-refractivity contribution in [3.63, 3.8) is 0 Å². The van der Waals surface area contributed by atoms with Crippen molar-refractivity contribution in [2.75, 3.05) is 25.4 Å². The molecule has 4 aliphatic heterocycles. The van der Waals surface area contributed by atoms with Gasteiger partial charge in [0, 0.05) is 12.3 Å². The third kappa shape index (κ3) is 3.71. The predicted molar refractivity (Wildman–Crippen MR) is 57.1 cm³/mol. The Morgan fingerprint density at radius 1 is 1.33 bits per heavy atom. The summed E-state index contributed by atoms with van der Waals surface area (Å²) in [7, 11) is -4.69. The van der Waals surface area contributed by atoms with Crippen molar-refractivity contribution in [1.29, 1.82) is 0 Å². The third-order valence-electron chi connectivity index (χ3n) is 3.79. The number of halogens is 1. The summed E-state index contributed by atoms with van der Waals surface area (Å²) in [5.74, 6) is 2.09. The summed E-state index contributed by atoms with van der Waals surface area (Å²) in [6.45, 7) is 6.02. The molecule has 4 heterocycles. The average molecular weight is 300 g/mol. The lowest BCUT2D eigenvalue weighted by Crippen LogP contribution is -2.60. The van der Waals surface area contributed by atoms with E-state index in [1.54, 1.807) is 0 Å². The second kappa shape index (κ2) is 5.41. The Balaban J connectivity index is 0.000000209. The van der Waals surface area contributed by atoms with E-state index < -0.39 is 10.2 Å². The quantitative estimate of drug-likeness (QED) is 0.525. The Morgan fingerprint density at radius 2 is 1.89 bits per heavy atom. The molecule has 6 nitrogen and oxygen atoms in total. The molecule has 0 amide bonds. The Bertz CT molecular complexity index is 288. The van der Waals surface area contributed by atoms with Gasteiger partial charge in [0.05, 0.1) is 20.5 Å². The van der Waals surface area contributed by atoms with Crippen molar-refractivity contribution >= 4 is 11.8 Å². The van der Waals surface area contributed by atoms with E-state index in [9.17, 15) is 0 Å². The smallest absolute Gasteiger partial charge is 0.101 e. The molecule has 2 unspecified atom stereocenters. The lowest BCUT2D eigenvalue weighted by Gasteiger charge is -2.50. The fourth-order valence-electron chi connectivity index (χ4n) is 3.08. The largest absolute Gasteiger partial charge is 0.359 e. The molecule has 0 radical (unpaired) electrons. The van der Waals surface area contributed by atoms with Crippen LogP contribution in [-0.4, -0.2) is 46.0 Å². The number of piperidine rings is 3. The zero-order chi connectivity index (χ0) is 13.4. The topological polar surface area (TPSA) is 102 Å². The first-order valence-electron chi connectivity index (χ1n) is 5.93. The molecule has 1 N–H and O–H groups in total. The summed E-state index contributed by atoms with van der Waals surface area (Å²) in [5.41, 5.74) is 0.682. The highest BCUT2D eigenvalue weighted by Crippen LogP contribution is 2.46. The molecule has 0 aliphatic carbocycles. The summed E-state index contributed by atoms with van der Waals surface area (Å²) >= 11 is 1.99. The SMILES string of the molecule is CC1OC2(CS1)CN1CCC2CC1.[O-][Cl+3]([O-])([O-])O. The first-order chi connectivity index (χ1) is 8.28. The number of fused-ring (bicyclic) bond motifs is 2. The zero-order valence-electron chi connectivity index (χ0n) is 10.2. The van der Waals surface area contributed by atoms with E-state index in [0.29, 0.717) is 5.44 Å². The van der Waals surface area contributed by atoms with Crippen molar-refractivity contribution in [3.8, 4) is 0 Å². The standard InChI is InChI=1S/C10H17NOS.ClHO4/c1-8-12-10(7-13-8)6-11-4-2-9(10)3-5-11;2-1(3,4)5/h8-9H,2-7H2,1H3;(H,2,3,4,5). The minimum Gasteiger partial charge on any atom is -0.359 e. The van der Waals surface area contributed by atoms with Gasteiger partial charge in [-0.3, -0.25) is 0 Å². The maximum absolute atomic E-state index is 8.60. The number of hydrogen-bond donors (Lipinski definition) is 1. The van der Waals surface area contributed by atoms with Crippen LogP contribution in [0.4, 0.5) is 0 Å². The molecule has 2 bridgehead atoms. The van der Waals surface area contributed by atoms with E-state index in [1.165, 1.54) is 38.2 Å². The Labute approximate surface area is 113 Å². The summed E-state index contributed by atoms with van der Waals surface area (Å²) < 4.78 is 38.9. The maximum atomic E-state index is 8.60. The molecule has 8 heteroatoms. The van der Waals surface area contributed by atoms with E-state index in [2.05, 4.69) is 11.8 Å². The third-order valence-corrected chi connectivity index (χ3v) is 5.01. The van der Waals surface area contributed by atoms with Crippen LogP contribution >= 0.6 is 11.8 Å². The minimum absolute atomic E-state index is 0.251. The van der Waals surface area contributed by atoms with Crippen LogP contribution in [-0.2, 0) is 4.74 Å². The van der Waals surface area contributed by atoms with Crippen molar-refractivity contribution < 1.29 is 33.6 Å². The Hall–Kier alpha value is 0.400. The van der Waals surface area contributed by atoms with Crippen LogP contribution < -0.4 is 14.0 Å². The summed E-state index contributed by atoms with van der Waals surface area (Å²) in [5, 5.41) is 0. The molecule has 2 atom stereocenters. The van der Waals surface area contributed by atoms with Crippen LogP contribution in [0.5, 0.6) is 0 Å². The van der Waals surface area contributed by atoms with Gasteiger partial charge >= 0.3 is 0 Å². The fraction of sp³-hybridized carbons (Fsp3) is 1.00. The maximum Gasteiger partial charge on any atom is 0.101 e. The van der Waals surface area contributed by atoms with Gasteiger partial charge in [-0.05, 0) is 38.8 Å². The van der Waals surface area contributed by atoms with Crippen LogP contribution in [0.2, 0.25) is 0 Å². The summed E-state index contributed by atoms with van der Waals surface area (Å²) in [6.07, 6.45) is 2.74. The van der Waals surface area contributed by atoms with Crippen molar-refractivity contribution in [1.82, 2.24) is 4.90 Å². The van der Waals surface area contributed by atoms with E-state index in [4.69, 9.17) is 23.4 Å². The second-order valence-electron chi connectivity index (χ2n) is 5.01. The molecule has 4 rings (SSSR count). The fourth-order valence-corrected chi connectivity index (χ4v) is 4.25. The predicted octanol–water partition coefficient (Wildman–Crippen LogP) is -2.56. The van der Waals surface area contributed by atoms with Gasteiger partial charge in [-0.15, -0.1) is 11.8 Å². The molecule has 106 valence electrons. The Kier molecular flexibility index (Phi) is 4.45. The molecule has 0 aromatic rings. The van der Waals surface area contributed by atoms with Crippen LogP contribution in [0.15, 0.2) is 0 Å². The van der Waals surface area contributed by atoms with E-state index in [0.717, 1.165) is 5.92 Å². The monoisotopic (exact) mass is 299 g/mol. The number of rotatable bonds is 0. The first kappa shape index (κ1) is 14.8. The average Bonchev–Trinajstić information content (AvgIpc) is 2.59. The highest BCUT2D eigenvalue weighted by atomic mass is 35.7. The van der Waals surface area contributed by atoms with Crippen LogP contribution in [0.1, 0.15) is 19.8 Å². The summed E-state index contributed by atoms with van der Waals surface area (Å²) in [6, 6.07) is 0. The van der Waals surface area contributed by atoms with Gasteiger partial charge in [-0.1, -0.05) is 0 Å². The number of ether oxygens (including phenoxy) is 1. The second-order valence-corrected chi connectivity index (χ2v) is 7.09. The van der Waals surface area contributed by atoms with Gasteiger partial charge in [-0.25, -0.2) is 0 Å². The molecule has 0 aromatic carbocycles. The van der Waals surface area contributed by atoms with Crippen molar-refractivity contribution in [3.05, 3.63) is 0 Å². The molecule has 4 saturated heterocycles. The first-order valence-corrected chi connectivity index (χ1v) is 8.25. The van der Waals surface area contributed by atoms with E-state index >= 15 is 0 Å². The molecular formula is C10H18ClNO5S. The molecular weight excluding hydrogens is 282 g/mol. The van der Waals surface area contributed by atoms with Crippen LogP contribution in [0.25, 0.3) is 0 Å². The van der Waals surface area contributed by atoms with Gasteiger partial charge in [-0.2, -0.15) is 14.0 Å². The minimum atomic E-state index is -4.69. The van der Waals surface area contributed by atoms with Crippen LogP contribution in [0, 0.1) is 16.2 Å².